The number of benzene rings is 1. The van der Waals surface area contributed by atoms with Crippen molar-refractivity contribution in [2.45, 2.75) is 19.5 Å². The zero-order chi connectivity index (χ0) is 12.4. The molecule has 0 radical (unpaired) electrons. The molecule has 0 aliphatic carbocycles. The third-order valence-corrected chi connectivity index (χ3v) is 2.72. The minimum atomic E-state index is -0.975. The van der Waals surface area contributed by atoms with Crippen molar-refractivity contribution in [2.24, 2.45) is 0 Å². The molecule has 2 rings (SSSR count). The van der Waals surface area contributed by atoms with Gasteiger partial charge in [0.1, 0.15) is 19.9 Å². The Balaban J connectivity index is 2.51. The first-order chi connectivity index (χ1) is 8.13. The monoisotopic (exact) mass is 240 g/mol. The molecule has 0 saturated carbocycles. The molecule has 92 valence electrons. The zero-order valence-corrected chi connectivity index (χ0v) is 9.40. The fourth-order valence-corrected chi connectivity index (χ4v) is 1.77. The Bertz CT molecular complexity index is 444. The maximum absolute atomic E-state index is 12.7. The van der Waals surface area contributed by atoms with E-state index in [4.69, 9.17) is 14.6 Å². The van der Waals surface area contributed by atoms with Crippen molar-refractivity contribution in [3.8, 4) is 11.5 Å². The third kappa shape index (κ3) is 2.18. The van der Waals surface area contributed by atoms with Crippen LogP contribution in [0.25, 0.3) is 0 Å². The topological polar surface area (TPSA) is 55.8 Å². The molecule has 1 unspecified atom stereocenters. The summed E-state index contributed by atoms with van der Waals surface area (Å²) in [5.41, 5.74) is 0.861. The lowest BCUT2D eigenvalue weighted by atomic mass is 9.97. The van der Waals surface area contributed by atoms with Crippen LogP contribution in [0.4, 0.5) is 4.39 Å². The molecule has 0 fully saturated rings. The van der Waals surface area contributed by atoms with E-state index in [1.807, 2.05) is 0 Å². The van der Waals surface area contributed by atoms with Gasteiger partial charge in [0.15, 0.2) is 11.5 Å². The maximum Gasteiger partial charge on any atom is 0.310 e. The van der Waals surface area contributed by atoms with Crippen LogP contribution in [0.3, 0.4) is 0 Å². The molecule has 1 aliphatic rings. The van der Waals surface area contributed by atoms with Crippen LogP contribution in [0.5, 0.6) is 11.5 Å². The Labute approximate surface area is 98.0 Å². The molecule has 1 N–H and O–H groups in total. The second-order valence-electron chi connectivity index (χ2n) is 3.90. The second kappa shape index (κ2) is 4.61. The van der Waals surface area contributed by atoms with E-state index < -0.39 is 18.6 Å². The van der Waals surface area contributed by atoms with Gasteiger partial charge in [-0.3, -0.25) is 4.79 Å². The molecule has 0 saturated heterocycles. The largest absolute Gasteiger partial charge is 0.486 e. The lowest BCUT2D eigenvalue weighted by molar-refractivity contribution is -0.138. The van der Waals surface area contributed by atoms with Gasteiger partial charge in [-0.15, -0.1) is 0 Å². The second-order valence-corrected chi connectivity index (χ2v) is 3.90. The molecule has 0 aromatic heterocycles. The Morgan fingerprint density at radius 1 is 1.47 bits per heavy atom. The molecule has 17 heavy (non-hydrogen) atoms. The van der Waals surface area contributed by atoms with E-state index in [2.05, 4.69) is 0 Å². The van der Waals surface area contributed by atoms with E-state index >= 15 is 0 Å². The quantitative estimate of drug-likeness (QED) is 0.879. The first-order valence-corrected chi connectivity index (χ1v) is 5.34. The van der Waals surface area contributed by atoms with Crippen LogP contribution in [0.15, 0.2) is 12.1 Å². The van der Waals surface area contributed by atoms with Gasteiger partial charge >= 0.3 is 5.97 Å². The van der Waals surface area contributed by atoms with Gasteiger partial charge in [-0.2, -0.15) is 0 Å². The number of alkyl halides is 1. The molecular formula is C12H13FO4. The number of rotatable bonds is 3. The van der Waals surface area contributed by atoms with Crippen molar-refractivity contribution in [1.82, 2.24) is 0 Å². The highest BCUT2D eigenvalue weighted by Gasteiger charge is 2.24. The summed E-state index contributed by atoms with van der Waals surface area (Å²) < 4.78 is 23.5. The summed E-state index contributed by atoms with van der Waals surface area (Å²) in [6.07, 6.45) is 0. The summed E-state index contributed by atoms with van der Waals surface area (Å²) in [6, 6.07) is 3.07. The zero-order valence-electron chi connectivity index (χ0n) is 9.40. The summed E-state index contributed by atoms with van der Waals surface area (Å²) in [6.45, 7) is 1.65. The fraction of sp³-hybridized carbons (Fsp3) is 0.417. The number of carbonyl (C=O) groups is 1. The van der Waals surface area contributed by atoms with E-state index in [1.54, 1.807) is 6.07 Å². The van der Waals surface area contributed by atoms with Crippen LogP contribution in [-0.2, 0) is 11.5 Å². The minimum Gasteiger partial charge on any atom is -0.486 e. The number of halogens is 1. The molecule has 5 heteroatoms. The normalized spacial score (nSPS) is 15.4. The standard InChI is InChI=1S/C12H13FO4/c1-7(12(14)15)9-4-8(6-13)5-10-11(9)17-3-2-16-10/h4-5,7H,2-3,6H2,1H3,(H,14,15). The van der Waals surface area contributed by atoms with E-state index in [0.717, 1.165) is 0 Å². The van der Waals surface area contributed by atoms with Crippen molar-refractivity contribution >= 4 is 5.97 Å². The van der Waals surface area contributed by atoms with Gasteiger partial charge in [-0.1, -0.05) is 0 Å². The van der Waals surface area contributed by atoms with Crippen LogP contribution in [0, 0.1) is 0 Å². The van der Waals surface area contributed by atoms with Gasteiger partial charge < -0.3 is 14.6 Å². The average Bonchev–Trinajstić information content (AvgIpc) is 2.36. The lowest BCUT2D eigenvalue weighted by Gasteiger charge is -2.23. The van der Waals surface area contributed by atoms with Crippen LogP contribution in [0.2, 0.25) is 0 Å². The smallest absolute Gasteiger partial charge is 0.310 e. The van der Waals surface area contributed by atoms with Gasteiger partial charge in [-0.25, -0.2) is 4.39 Å². The number of aliphatic carboxylic acids is 1. The highest BCUT2D eigenvalue weighted by Crippen LogP contribution is 2.39. The van der Waals surface area contributed by atoms with E-state index in [1.165, 1.54) is 13.0 Å². The SMILES string of the molecule is CC(C(=O)O)c1cc(CF)cc2c1OCCO2. The first kappa shape index (κ1) is 11.7. The van der Waals surface area contributed by atoms with E-state index in [0.29, 0.717) is 35.8 Å². The van der Waals surface area contributed by atoms with Crippen LogP contribution < -0.4 is 9.47 Å². The Kier molecular flexibility index (Phi) is 3.17. The van der Waals surface area contributed by atoms with Gasteiger partial charge in [-0.05, 0) is 24.6 Å². The van der Waals surface area contributed by atoms with Gasteiger partial charge in [0.25, 0.3) is 0 Å². The molecule has 1 aromatic carbocycles. The first-order valence-electron chi connectivity index (χ1n) is 5.34. The molecule has 0 bridgehead atoms. The predicted molar refractivity (Wildman–Crippen MR) is 58.3 cm³/mol. The highest BCUT2D eigenvalue weighted by atomic mass is 19.1. The van der Waals surface area contributed by atoms with E-state index in [-0.39, 0.29) is 0 Å². The molecule has 1 aliphatic heterocycles. The Morgan fingerprint density at radius 3 is 2.82 bits per heavy atom. The van der Waals surface area contributed by atoms with Crippen molar-refractivity contribution in [3.05, 3.63) is 23.3 Å². The molecule has 1 atom stereocenters. The number of hydrogen-bond donors (Lipinski definition) is 1. The Hall–Kier alpha value is -1.78. The molecule has 1 heterocycles. The molecule has 0 spiro atoms. The molecule has 4 nitrogen and oxygen atoms in total. The van der Waals surface area contributed by atoms with Gasteiger partial charge in [0.05, 0.1) is 5.92 Å². The van der Waals surface area contributed by atoms with Crippen molar-refractivity contribution in [3.63, 3.8) is 0 Å². The van der Waals surface area contributed by atoms with E-state index in [9.17, 15) is 9.18 Å². The lowest BCUT2D eigenvalue weighted by Crippen LogP contribution is -2.19. The summed E-state index contributed by atoms with van der Waals surface area (Å²) >= 11 is 0. The Morgan fingerprint density at radius 2 is 2.18 bits per heavy atom. The molecule has 1 aromatic rings. The van der Waals surface area contributed by atoms with Crippen molar-refractivity contribution in [1.29, 1.82) is 0 Å². The van der Waals surface area contributed by atoms with Gasteiger partial charge in [0, 0.05) is 5.56 Å². The molecular weight excluding hydrogens is 227 g/mol. The van der Waals surface area contributed by atoms with Crippen LogP contribution in [-0.4, -0.2) is 24.3 Å². The minimum absolute atomic E-state index is 0.376. The van der Waals surface area contributed by atoms with Crippen LogP contribution in [0.1, 0.15) is 24.0 Å². The average molecular weight is 240 g/mol. The molecule has 0 amide bonds. The maximum atomic E-state index is 12.7. The summed E-state index contributed by atoms with van der Waals surface area (Å²) in [4.78, 5) is 11.0. The summed E-state index contributed by atoms with van der Waals surface area (Å²) in [5.74, 6) is -0.882. The van der Waals surface area contributed by atoms with Crippen molar-refractivity contribution in [2.75, 3.05) is 13.2 Å². The number of hydrogen-bond acceptors (Lipinski definition) is 3. The predicted octanol–water partition coefficient (Wildman–Crippen LogP) is 2.12. The highest BCUT2D eigenvalue weighted by molar-refractivity contribution is 5.77. The van der Waals surface area contributed by atoms with Crippen LogP contribution >= 0.6 is 0 Å². The number of carboxylic acid groups (broad SMARTS) is 1. The summed E-state index contributed by atoms with van der Waals surface area (Å²) in [5, 5.41) is 9.01. The fourth-order valence-electron chi connectivity index (χ4n) is 1.77. The number of fused-ring (bicyclic) bond motifs is 1. The van der Waals surface area contributed by atoms with Crippen molar-refractivity contribution < 1.29 is 23.8 Å². The number of ether oxygens (including phenoxy) is 2. The van der Waals surface area contributed by atoms with Gasteiger partial charge in [0.2, 0.25) is 0 Å². The summed E-state index contributed by atoms with van der Waals surface area (Å²) in [7, 11) is 0. The third-order valence-electron chi connectivity index (χ3n) is 2.72. The number of carboxylic acids is 1.